The number of hydrogen-bond acceptors (Lipinski definition) is 5. The fourth-order valence-corrected chi connectivity index (χ4v) is 3.22. The van der Waals surface area contributed by atoms with Gasteiger partial charge in [0.15, 0.2) is 6.61 Å². The highest BCUT2D eigenvalue weighted by atomic mass is 16.5. The maximum absolute atomic E-state index is 12.3. The van der Waals surface area contributed by atoms with Crippen molar-refractivity contribution in [2.24, 2.45) is 5.92 Å². The molecular weight excluding hydrogens is 362 g/mol. The summed E-state index contributed by atoms with van der Waals surface area (Å²) in [6, 6.07) is 6.97. The summed E-state index contributed by atoms with van der Waals surface area (Å²) in [7, 11) is 0. The maximum Gasteiger partial charge on any atom is 0.260 e. The Morgan fingerprint density at radius 1 is 1.25 bits per heavy atom. The summed E-state index contributed by atoms with van der Waals surface area (Å²) in [5.41, 5.74) is 0.705. The zero-order chi connectivity index (χ0) is 19.9. The lowest BCUT2D eigenvalue weighted by Gasteiger charge is -2.26. The van der Waals surface area contributed by atoms with Gasteiger partial charge in [-0.05, 0) is 24.3 Å². The van der Waals surface area contributed by atoms with Crippen LogP contribution in [0.1, 0.15) is 6.42 Å². The predicted molar refractivity (Wildman–Crippen MR) is 103 cm³/mol. The maximum atomic E-state index is 12.3. The zero-order valence-electron chi connectivity index (χ0n) is 15.8. The Kier molecular flexibility index (Phi) is 6.65. The van der Waals surface area contributed by atoms with E-state index in [0.29, 0.717) is 50.8 Å². The van der Waals surface area contributed by atoms with E-state index in [4.69, 9.17) is 9.47 Å². The number of nitrogens with zero attached hydrogens (tertiary/aromatic N) is 2. The van der Waals surface area contributed by atoms with Crippen LogP contribution in [-0.2, 0) is 19.1 Å². The van der Waals surface area contributed by atoms with Crippen molar-refractivity contribution in [3.63, 3.8) is 0 Å². The van der Waals surface area contributed by atoms with Crippen LogP contribution in [0.3, 0.4) is 0 Å². The van der Waals surface area contributed by atoms with Crippen LogP contribution in [-0.4, -0.2) is 68.6 Å². The first-order valence-electron chi connectivity index (χ1n) is 9.36. The van der Waals surface area contributed by atoms with Crippen LogP contribution < -0.4 is 15.0 Å². The molecule has 2 heterocycles. The molecule has 1 atom stereocenters. The molecule has 3 rings (SSSR count). The minimum atomic E-state index is -0.366. The van der Waals surface area contributed by atoms with Crippen molar-refractivity contribution < 1.29 is 23.9 Å². The number of benzene rings is 1. The number of carbonyl (C=O) groups is 3. The minimum absolute atomic E-state index is 0.0342. The van der Waals surface area contributed by atoms with Crippen molar-refractivity contribution in [3.8, 4) is 5.75 Å². The monoisotopic (exact) mass is 387 g/mol. The Balaban J connectivity index is 1.52. The lowest BCUT2D eigenvalue weighted by atomic mass is 10.1. The average Bonchev–Trinajstić information content (AvgIpc) is 3.13. The Bertz CT molecular complexity index is 728. The van der Waals surface area contributed by atoms with Crippen LogP contribution >= 0.6 is 0 Å². The van der Waals surface area contributed by atoms with Crippen molar-refractivity contribution in [3.05, 3.63) is 36.9 Å². The molecule has 1 aromatic carbocycles. The van der Waals surface area contributed by atoms with Gasteiger partial charge in [0.2, 0.25) is 11.8 Å². The van der Waals surface area contributed by atoms with Crippen molar-refractivity contribution in [1.29, 1.82) is 0 Å². The van der Waals surface area contributed by atoms with Crippen LogP contribution in [0.2, 0.25) is 0 Å². The van der Waals surface area contributed by atoms with Crippen LogP contribution in [0.25, 0.3) is 0 Å². The summed E-state index contributed by atoms with van der Waals surface area (Å²) in [4.78, 5) is 39.8. The molecule has 150 valence electrons. The summed E-state index contributed by atoms with van der Waals surface area (Å²) in [5.74, 6) is -0.116. The molecule has 0 spiro atoms. The first-order valence-corrected chi connectivity index (χ1v) is 9.36. The van der Waals surface area contributed by atoms with Gasteiger partial charge in [-0.25, -0.2) is 0 Å². The van der Waals surface area contributed by atoms with Crippen molar-refractivity contribution in [1.82, 2.24) is 10.2 Å². The molecule has 1 N–H and O–H groups in total. The van der Waals surface area contributed by atoms with E-state index in [1.165, 1.54) is 0 Å². The number of hydrogen-bond donors (Lipinski definition) is 1. The SMILES string of the molecule is C=CCNC(=O)C1CC(=O)N(c2ccc(OCC(=O)N3CCOCC3)cc2)C1. The van der Waals surface area contributed by atoms with E-state index in [-0.39, 0.29) is 36.7 Å². The molecule has 0 bridgehead atoms. The van der Waals surface area contributed by atoms with Gasteiger partial charge in [-0.2, -0.15) is 0 Å². The number of rotatable bonds is 7. The van der Waals surface area contributed by atoms with E-state index in [9.17, 15) is 14.4 Å². The number of nitrogens with one attached hydrogen (secondary N) is 1. The van der Waals surface area contributed by atoms with Gasteiger partial charge in [0, 0.05) is 38.3 Å². The molecule has 2 aliphatic heterocycles. The summed E-state index contributed by atoms with van der Waals surface area (Å²) in [5, 5.41) is 2.73. The molecule has 2 fully saturated rings. The van der Waals surface area contributed by atoms with E-state index >= 15 is 0 Å². The zero-order valence-corrected chi connectivity index (χ0v) is 15.8. The van der Waals surface area contributed by atoms with Gasteiger partial charge in [-0.15, -0.1) is 6.58 Å². The highest BCUT2D eigenvalue weighted by Crippen LogP contribution is 2.27. The Morgan fingerprint density at radius 3 is 2.64 bits per heavy atom. The van der Waals surface area contributed by atoms with Crippen molar-refractivity contribution in [2.45, 2.75) is 6.42 Å². The van der Waals surface area contributed by atoms with E-state index in [1.807, 2.05) is 0 Å². The standard InChI is InChI=1S/C20H25N3O5/c1-2-7-21-20(26)15-12-18(24)23(13-15)16-3-5-17(6-4-16)28-14-19(25)22-8-10-27-11-9-22/h2-6,15H,1,7-14H2,(H,21,26). The summed E-state index contributed by atoms with van der Waals surface area (Å²) in [6.45, 7) is 6.53. The molecule has 0 saturated carbocycles. The van der Waals surface area contributed by atoms with Gasteiger partial charge in [-0.3, -0.25) is 14.4 Å². The molecule has 2 aliphatic rings. The molecule has 1 unspecified atom stereocenters. The first-order chi connectivity index (χ1) is 13.6. The Hall–Kier alpha value is -2.87. The van der Waals surface area contributed by atoms with Gasteiger partial charge in [0.1, 0.15) is 5.75 Å². The van der Waals surface area contributed by atoms with Gasteiger partial charge in [-0.1, -0.05) is 6.08 Å². The normalized spacial score (nSPS) is 19.4. The molecule has 8 nitrogen and oxygen atoms in total. The first kappa shape index (κ1) is 19.9. The molecule has 1 aromatic rings. The third-order valence-electron chi connectivity index (χ3n) is 4.79. The van der Waals surface area contributed by atoms with E-state index in [2.05, 4.69) is 11.9 Å². The quantitative estimate of drug-likeness (QED) is 0.692. The van der Waals surface area contributed by atoms with Gasteiger partial charge in [0.05, 0.1) is 19.1 Å². The molecule has 0 radical (unpaired) electrons. The van der Waals surface area contributed by atoms with Gasteiger partial charge in [0.25, 0.3) is 5.91 Å². The highest BCUT2D eigenvalue weighted by molar-refractivity contribution is 6.00. The van der Waals surface area contributed by atoms with Crippen LogP contribution in [0.15, 0.2) is 36.9 Å². The average molecular weight is 387 g/mol. The second-order valence-electron chi connectivity index (χ2n) is 6.71. The molecule has 3 amide bonds. The third kappa shape index (κ3) is 4.89. The van der Waals surface area contributed by atoms with Crippen LogP contribution in [0.5, 0.6) is 5.75 Å². The van der Waals surface area contributed by atoms with Crippen molar-refractivity contribution >= 4 is 23.4 Å². The van der Waals surface area contributed by atoms with Crippen LogP contribution in [0, 0.1) is 5.92 Å². The van der Waals surface area contributed by atoms with Crippen molar-refractivity contribution in [2.75, 3.05) is 50.9 Å². The fourth-order valence-electron chi connectivity index (χ4n) is 3.22. The highest BCUT2D eigenvalue weighted by Gasteiger charge is 2.34. The fraction of sp³-hybridized carbons (Fsp3) is 0.450. The summed E-state index contributed by atoms with van der Waals surface area (Å²) < 4.78 is 10.8. The third-order valence-corrected chi connectivity index (χ3v) is 4.79. The molecular formula is C20H25N3O5. The largest absolute Gasteiger partial charge is 0.484 e. The smallest absolute Gasteiger partial charge is 0.260 e. The lowest BCUT2D eigenvalue weighted by molar-refractivity contribution is -0.137. The predicted octanol–water partition coefficient (Wildman–Crippen LogP) is 0.579. The second kappa shape index (κ2) is 9.36. The second-order valence-corrected chi connectivity index (χ2v) is 6.71. The van der Waals surface area contributed by atoms with Crippen LogP contribution in [0.4, 0.5) is 5.69 Å². The number of ether oxygens (including phenoxy) is 2. The topological polar surface area (TPSA) is 88.2 Å². The number of anilines is 1. The van der Waals surface area contributed by atoms with Gasteiger partial charge < -0.3 is 24.6 Å². The van der Waals surface area contributed by atoms with Gasteiger partial charge >= 0.3 is 0 Å². The molecule has 2 saturated heterocycles. The molecule has 0 aromatic heterocycles. The van der Waals surface area contributed by atoms with E-state index in [0.717, 1.165) is 0 Å². The lowest BCUT2D eigenvalue weighted by Crippen LogP contribution is -2.42. The summed E-state index contributed by atoms with van der Waals surface area (Å²) in [6.07, 6.45) is 1.80. The van der Waals surface area contributed by atoms with E-state index < -0.39 is 0 Å². The Labute approximate surface area is 164 Å². The minimum Gasteiger partial charge on any atom is -0.484 e. The Morgan fingerprint density at radius 2 is 1.96 bits per heavy atom. The summed E-state index contributed by atoms with van der Waals surface area (Å²) >= 11 is 0. The number of amides is 3. The molecule has 0 aliphatic carbocycles. The number of morpholine rings is 1. The van der Waals surface area contributed by atoms with E-state index in [1.54, 1.807) is 40.1 Å². The number of carbonyl (C=O) groups excluding carboxylic acids is 3. The molecule has 28 heavy (non-hydrogen) atoms. The molecule has 8 heteroatoms.